The van der Waals surface area contributed by atoms with Crippen molar-refractivity contribution < 1.29 is 230 Å². The molecule has 584 valence electrons. The lowest BCUT2D eigenvalue weighted by atomic mass is 9.96. The van der Waals surface area contributed by atoms with Gasteiger partial charge in [0.2, 0.25) is 41.6 Å². The van der Waals surface area contributed by atoms with E-state index in [9.17, 15) is 123 Å². The van der Waals surface area contributed by atoms with Gasteiger partial charge in [-0.2, -0.15) is 0 Å². The lowest BCUT2D eigenvalue weighted by molar-refractivity contribution is -0.381. The Morgan fingerprint density at radius 2 is 0.495 bits per heavy atom. The van der Waals surface area contributed by atoms with Gasteiger partial charge >= 0.3 is 0 Å². The lowest BCUT2D eigenvalue weighted by Gasteiger charge is -2.49. The average Bonchev–Trinajstić information content (AvgIpc) is 1.73. The number of fused-ring (bicyclic) bond motifs is 8. The van der Waals surface area contributed by atoms with Crippen LogP contribution in [0, 0.1) is 0 Å². The Balaban J connectivity index is 0.717. The van der Waals surface area contributed by atoms with Crippen LogP contribution in [0.3, 0.4) is 0 Å². The Morgan fingerprint density at radius 3 is 0.782 bits per heavy atom. The summed E-state index contributed by atoms with van der Waals surface area (Å²) in [4.78, 5) is 0. The molecule has 0 saturated carbocycles. The number of aliphatic hydroxyl groups excluding tert-OH is 14. The minimum absolute atomic E-state index is 0.242. The molecule has 0 amide bonds. The van der Waals surface area contributed by atoms with Crippen molar-refractivity contribution in [2.24, 2.45) is 0 Å². The van der Waals surface area contributed by atoms with Crippen LogP contribution in [0.5, 0.6) is 0 Å². The normalized spacial score (nSPS) is 51.0. The van der Waals surface area contributed by atoms with Gasteiger partial charge in [0, 0.05) is 0 Å². The quantitative estimate of drug-likeness (QED) is 0.0282. The van der Waals surface area contributed by atoms with E-state index in [1.54, 1.807) is 0 Å². The molecule has 12 fully saturated rings. The fraction of sp³-hybridized carbons (Fsp3) is 1.00. The van der Waals surface area contributed by atoms with E-state index in [1.165, 1.54) is 0 Å². The highest BCUT2D eigenvalue weighted by atomic mass is 32.3. The third-order valence-electron chi connectivity index (χ3n) is 18.4. The number of rotatable bonds is 26. The zero-order valence-corrected chi connectivity index (χ0v) is 54.2. The van der Waals surface area contributed by atoms with E-state index in [0.29, 0.717) is 0 Å². The molecule has 53 heteroatoms. The highest BCUT2D eigenvalue weighted by molar-refractivity contribution is 7.81. The van der Waals surface area contributed by atoms with Gasteiger partial charge in [-0.25, -0.2) is 33.7 Å². The van der Waals surface area contributed by atoms with E-state index < -0.39 is 333 Å². The third-order valence-corrected chi connectivity index (χ3v) is 20.3. The summed E-state index contributed by atoms with van der Waals surface area (Å²) in [5.41, 5.74) is 0. The molecule has 49 nitrogen and oxygen atoms in total. The summed E-state index contributed by atoms with van der Waals surface area (Å²) < 4.78 is 271. The topological polar surface area (TPSA) is 724 Å². The maximum Gasteiger partial charge on any atom is 0.218 e. The molecule has 0 aromatic carbocycles. The van der Waals surface area contributed by atoms with Crippen molar-refractivity contribution in [1.29, 1.82) is 0 Å². The van der Waals surface area contributed by atoms with E-state index in [1.807, 2.05) is 0 Å². The number of aliphatic hydroxyl groups is 14. The van der Waals surface area contributed by atoms with Crippen LogP contribution in [-0.2, 0) is 148 Å². The molecule has 1 unspecified atom stereocenters. The first-order valence-corrected chi connectivity index (χ1v) is 35.9. The summed E-state index contributed by atoms with van der Waals surface area (Å²) in [5.74, 6) is 0. The fourth-order valence-corrected chi connectivity index (χ4v) is 15.9. The second-order valence-corrected chi connectivity index (χ2v) is 28.8. The van der Waals surface area contributed by atoms with E-state index in [4.69, 9.17) is 90.0 Å². The van der Waals surface area contributed by atoms with Crippen LogP contribution < -0.4 is 0 Å². The molecule has 8 bridgehead atoms. The predicted molar refractivity (Wildman–Crippen MR) is 285 cm³/mol. The van der Waals surface area contributed by atoms with Gasteiger partial charge in [-0.1, -0.05) is 0 Å². The molecule has 0 spiro atoms. The standard InChI is InChI=1S/C48H74O49S4/c49-1-9-29(94-98(63,64)65)37(18(54)41(62)79-9)90-43-20(56)34-26(14(84-43)6-76-34)87-47-24(60)39(31(11(3-51)81-47)96-100(69,70)71)92-45-22(58)36-28(16(86-45)8-78-36)89-48-25(61)40(32(12(4-52)82-48)97-101(72,73)74)93-44-21(57)35-27(15(85-44)7-77-35)88-46-23(59)38(30(10(2-50)80-46)95-99(66,67)68)91-42-19(55)33-17(53)13(83-42)5-75-33/h9-62H,1-8H2,(H,63,64,65)(H,66,67,68)(H,69,70,71)(H,72,73,74)/p-4/t9-,10-,11-,12-,13-,14-,15-,16-,17+,18-,19-,20-,21-,22-,23-,24-,25-,26+,27+,28+,29+,30+,31+,32+,33+,34-,35-,36-,37-,38-,39-,40-,41?,42-,43-,44-,45-,46+,47+,48+/m1/s1. The zero-order valence-electron chi connectivity index (χ0n) is 50.9. The SMILES string of the molecule is O=S(=O)([O-])O[C@@H]1[C@H](O[C@H]2O[C@@H]3CO[C@@H]([C@H]3O)[C@H]2O)[C@@H](O)[C@H](O[C@@H]2[C@@H]3OC[C@H]2O[C@H](O[C@@H]2[C@@H](O)[C@H](O[C@@H]4[C@@H]5OC[C@H]4O[C@H](O[C@@H]4[C@@H](O)[C@H](O[C@@H]6[C@@H]7OC[C@H]6O[C@H](O[C@H]6[C@@H](OS(=O)(=O)[O-])[C@@H](CO)OC(O)[C@@H]6O)[C@@H]7O)O[C@H](CO)[C@@H]4OS(=O)(=O)[O-])[C@@H]5O)O[C@H](CO)[C@@H]2OS(=O)(=O)[O-])[C@@H]3O)O[C@@H]1CO. The Kier molecular flexibility index (Phi) is 24.1. The van der Waals surface area contributed by atoms with Crippen LogP contribution in [-0.4, -0.2) is 422 Å². The monoisotopic (exact) mass is 1560 g/mol. The molecular weight excluding hydrogens is 1490 g/mol. The summed E-state index contributed by atoms with van der Waals surface area (Å²) in [6.07, 6.45) is -77.6. The van der Waals surface area contributed by atoms with E-state index >= 15 is 0 Å². The Hall–Kier alpha value is -1.84. The minimum atomic E-state index is -5.85. The van der Waals surface area contributed by atoms with Crippen molar-refractivity contribution in [2.45, 2.75) is 246 Å². The van der Waals surface area contributed by atoms with Crippen molar-refractivity contribution in [1.82, 2.24) is 0 Å². The molecule has 40 atom stereocenters. The van der Waals surface area contributed by atoms with Crippen molar-refractivity contribution in [3.63, 3.8) is 0 Å². The fourth-order valence-electron chi connectivity index (χ4n) is 13.9. The van der Waals surface area contributed by atoms with Crippen LogP contribution >= 0.6 is 0 Å². The maximum absolute atomic E-state index is 12.2. The van der Waals surface area contributed by atoms with Crippen LogP contribution in [0.15, 0.2) is 0 Å². The molecule has 12 saturated heterocycles. The summed E-state index contributed by atoms with van der Waals surface area (Å²) in [7, 11) is -23.0. The van der Waals surface area contributed by atoms with Gasteiger partial charge in [0.25, 0.3) is 0 Å². The molecule has 0 radical (unpaired) electrons. The maximum atomic E-state index is 12.2. The smallest absolute Gasteiger partial charge is 0.218 e. The van der Waals surface area contributed by atoms with Gasteiger partial charge in [-0.3, -0.25) is 16.7 Å². The number of hydrogen-bond acceptors (Lipinski definition) is 49. The first kappa shape index (κ1) is 78.7. The predicted octanol–water partition coefficient (Wildman–Crippen LogP) is -16.3. The Morgan fingerprint density at radius 1 is 0.267 bits per heavy atom. The summed E-state index contributed by atoms with van der Waals surface area (Å²) in [6, 6.07) is 0. The summed E-state index contributed by atoms with van der Waals surface area (Å²) >= 11 is 0. The van der Waals surface area contributed by atoms with E-state index in [-0.39, 0.29) is 6.61 Å². The van der Waals surface area contributed by atoms with Gasteiger partial charge in [0.1, 0.15) is 195 Å². The van der Waals surface area contributed by atoms with E-state index in [0.717, 1.165) is 0 Å². The van der Waals surface area contributed by atoms with Crippen LogP contribution in [0.25, 0.3) is 0 Å². The van der Waals surface area contributed by atoms with Crippen molar-refractivity contribution >= 4 is 41.6 Å². The van der Waals surface area contributed by atoms with Gasteiger partial charge in [-0.05, 0) is 0 Å². The largest absolute Gasteiger partial charge is 0.726 e. The number of hydrogen-bond donors (Lipinski definition) is 14. The van der Waals surface area contributed by atoms with Crippen molar-refractivity contribution in [3.8, 4) is 0 Å². The van der Waals surface area contributed by atoms with E-state index in [2.05, 4.69) is 16.7 Å². The molecule has 14 N–H and O–H groups in total. The van der Waals surface area contributed by atoms with Gasteiger partial charge < -0.3 is 180 Å². The highest BCUT2D eigenvalue weighted by Crippen LogP contribution is 2.44. The summed E-state index contributed by atoms with van der Waals surface area (Å²) in [5, 5.41) is 154. The molecule has 12 rings (SSSR count). The van der Waals surface area contributed by atoms with Crippen molar-refractivity contribution in [2.75, 3.05) is 52.9 Å². The van der Waals surface area contributed by atoms with Gasteiger partial charge in [0.15, 0.2) is 50.3 Å². The zero-order chi connectivity index (χ0) is 73.0. The van der Waals surface area contributed by atoms with Crippen LogP contribution in [0.1, 0.15) is 0 Å². The first-order chi connectivity index (χ1) is 47.5. The van der Waals surface area contributed by atoms with Crippen molar-refractivity contribution in [3.05, 3.63) is 0 Å². The molecular formula is C48H70O49S4-4. The molecule has 12 aliphatic heterocycles. The second kappa shape index (κ2) is 30.9. The third kappa shape index (κ3) is 16.6. The first-order valence-electron chi connectivity index (χ1n) is 30.6. The molecule has 12 heterocycles. The Labute approximate surface area is 568 Å². The van der Waals surface area contributed by atoms with Gasteiger partial charge in [0.05, 0.1) is 52.9 Å². The summed E-state index contributed by atoms with van der Waals surface area (Å²) in [6.45, 7) is -6.59. The highest BCUT2D eigenvalue weighted by Gasteiger charge is 2.64. The molecule has 0 aromatic heterocycles. The minimum Gasteiger partial charge on any atom is -0.726 e. The van der Waals surface area contributed by atoms with Crippen LogP contribution in [0.2, 0.25) is 0 Å². The van der Waals surface area contributed by atoms with Gasteiger partial charge in [-0.15, -0.1) is 0 Å². The molecule has 0 aliphatic carbocycles. The average molecular weight is 1560 g/mol. The lowest BCUT2D eigenvalue weighted by Crippen LogP contribution is -2.67. The number of ether oxygens (including phenoxy) is 19. The Bertz CT molecular complexity index is 3280. The van der Waals surface area contributed by atoms with Crippen LogP contribution in [0.4, 0.5) is 0 Å². The molecule has 101 heavy (non-hydrogen) atoms. The second-order valence-electron chi connectivity index (χ2n) is 24.8. The molecule has 0 aromatic rings. The molecule has 12 aliphatic rings.